The molecule has 2 rings (SSSR count). The Balaban J connectivity index is 1.76. The summed E-state index contributed by atoms with van der Waals surface area (Å²) in [5.74, 6) is 5.59. The molecule has 2 heteroatoms. The average molecular weight is 227 g/mol. The van der Waals surface area contributed by atoms with Crippen molar-refractivity contribution in [2.24, 2.45) is 5.92 Å². The highest BCUT2D eigenvalue weighted by atomic mass is 16.1. The van der Waals surface area contributed by atoms with Crippen molar-refractivity contribution in [2.45, 2.75) is 26.2 Å². The van der Waals surface area contributed by atoms with Crippen LogP contribution in [-0.2, 0) is 17.6 Å². The molecule has 88 valence electrons. The summed E-state index contributed by atoms with van der Waals surface area (Å²) < 4.78 is 0. The van der Waals surface area contributed by atoms with Crippen LogP contribution in [0.1, 0.15) is 24.5 Å². The maximum Gasteiger partial charge on any atom is 0.295 e. The van der Waals surface area contributed by atoms with Crippen molar-refractivity contribution in [1.82, 2.24) is 5.32 Å². The van der Waals surface area contributed by atoms with Crippen LogP contribution in [0.3, 0.4) is 0 Å². The van der Waals surface area contributed by atoms with Gasteiger partial charge >= 0.3 is 0 Å². The van der Waals surface area contributed by atoms with Gasteiger partial charge in [-0.1, -0.05) is 30.2 Å². The molecule has 0 saturated carbocycles. The number of hydrogen-bond acceptors (Lipinski definition) is 1. The predicted octanol–water partition coefficient (Wildman–Crippen LogP) is 1.93. The molecule has 1 N–H and O–H groups in total. The van der Waals surface area contributed by atoms with Gasteiger partial charge in [0.2, 0.25) is 0 Å². The quantitative estimate of drug-likeness (QED) is 0.785. The van der Waals surface area contributed by atoms with E-state index in [-0.39, 0.29) is 5.91 Å². The van der Waals surface area contributed by atoms with Crippen molar-refractivity contribution in [2.75, 3.05) is 6.54 Å². The van der Waals surface area contributed by atoms with E-state index in [1.165, 1.54) is 11.1 Å². The summed E-state index contributed by atoms with van der Waals surface area (Å²) in [4.78, 5) is 11.2. The molecule has 0 unspecified atom stereocenters. The van der Waals surface area contributed by atoms with Crippen LogP contribution >= 0.6 is 0 Å². The van der Waals surface area contributed by atoms with Gasteiger partial charge in [-0.25, -0.2) is 0 Å². The Labute approximate surface area is 102 Å². The molecule has 0 spiro atoms. The topological polar surface area (TPSA) is 29.1 Å². The third-order valence-corrected chi connectivity index (χ3v) is 3.21. The minimum Gasteiger partial charge on any atom is -0.345 e. The van der Waals surface area contributed by atoms with Crippen LogP contribution in [0.4, 0.5) is 0 Å². The first-order valence-corrected chi connectivity index (χ1v) is 6.07. The van der Waals surface area contributed by atoms with Gasteiger partial charge in [-0.2, -0.15) is 0 Å². The van der Waals surface area contributed by atoms with Crippen LogP contribution in [0.25, 0.3) is 0 Å². The zero-order chi connectivity index (χ0) is 12.1. The lowest BCUT2D eigenvalue weighted by atomic mass is 10.0. The van der Waals surface area contributed by atoms with E-state index >= 15 is 0 Å². The van der Waals surface area contributed by atoms with Gasteiger partial charge in [-0.05, 0) is 49.2 Å². The van der Waals surface area contributed by atoms with Gasteiger partial charge in [-0.15, -0.1) is 0 Å². The van der Waals surface area contributed by atoms with Gasteiger partial charge in [-0.3, -0.25) is 4.79 Å². The van der Waals surface area contributed by atoms with Gasteiger partial charge in [0, 0.05) is 6.54 Å². The van der Waals surface area contributed by atoms with Crippen LogP contribution in [0.5, 0.6) is 0 Å². The number of nitrogens with one attached hydrogen (secondary N) is 1. The van der Waals surface area contributed by atoms with E-state index in [1.807, 2.05) is 0 Å². The highest BCUT2D eigenvalue weighted by Gasteiger charge is 2.20. The Morgan fingerprint density at radius 2 is 2.00 bits per heavy atom. The molecular formula is C15H17NO. The molecule has 0 saturated heterocycles. The summed E-state index contributed by atoms with van der Waals surface area (Å²) in [6, 6.07) is 8.60. The largest absolute Gasteiger partial charge is 0.345 e. The van der Waals surface area contributed by atoms with Gasteiger partial charge in [0.05, 0.1) is 0 Å². The molecule has 0 fully saturated rings. The lowest BCUT2D eigenvalue weighted by Gasteiger charge is -2.08. The van der Waals surface area contributed by atoms with E-state index < -0.39 is 0 Å². The molecule has 1 amide bonds. The normalized spacial score (nSPS) is 13.7. The number of carbonyl (C=O) groups excluding carboxylic acids is 1. The first-order chi connectivity index (χ1) is 8.29. The first kappa shape index (κ1) is 11.7. The summed E-state index contributed by atoms with van der Waals surface area (Å²) in [7, 11) is 0. The van der Waals surface area contributed by atoms with Crippen molar-refractivity contribution in [3.8, 4) is 11.8 Å². The monoisotopic (exact) mass is 227 g/mol. The SMILES string of the molecule is CC#CC(=O)NCCC1Cc2ccccc2C1. The fourth-order valence-electron chi connectivity index (χ4n) is 2.40. The second-order valence-electron chi connectivity index (χ2n) is 4.46. The van der Waals surface area contributed by atoms with E-state index in [2.05, 4.69) is 41.4 Å². The second-order valence-corrected chi connectivity index (χ2v) is 4.46. The number of hydrogen-bond donors (Lipinski definition) is 1. The number of rotatable bonds is 3. The van der Waals surface area contributed by atoms with Crippen LogP contribution in [-0.4, -0.2) is 12.5 Å². The van der Waals surface area contributed by atoms with Crippen LogP contribution in [0.15, 0.2) is 24.3 Å². The zero-order valence-corrected chi connectivity index (χ0v) is 10.1. The fourth-order valence-corrected chi connectivity index (χ4v) is 2.40. The third-order valence-electron chi connectivity index (χ3n) is 3.21. The van der Waals surface area contributed by atoms with Crippen molar-refractivity contribution in [1.29, 1.82) is 0 Å². The third kappa shape index (κ3) is 3.10. The smallest absolute Gasteiger partial charge is 0.295 e. The Morgan fingerprint density at radius 1 is 1.35 bits per heavy atom. The van der Waals surface area contributed by atoms with Crippen LogP contribution < -0.4 is 5.32 Å². The summed E-state index contributed by atoms with van der Waals surface area (Å²) >= 11 is 0. The summed E-state index contributed by atoms with van der Waals surface area (Å²) in [5, 5.41) is 2.82. The lowest BCUT2D eigenvalue weighted by Crippen LogP contribution is -2.24. The highest BCUT2D eigenvalue weighted by molar-refractivity contribution is 5.93. The van der Waals surface area contributed by atoms with Crippen molar-refractivity contribution < 1.29 is 4.79 Å². The van der Waals surface area contributed by atoms with Gasteiger partial charge < -0.3 is 5.32 Å². The van der Waals surface area contributed by atoms with Crippen LogP contribution in [0.2, 0.25) is 0 Å². The van der Waals surface area contributed by atoms with E-state index in [0.717, 1.165) is 25.8 Å². The van der Waals surface area contributed by atoms with E-state index in [4.69, 9.17) is 0 Å². The van der Waals surface area contributed by atoms with E-state index in [0.29, 0.717) is 5.92 Å². The van der Waals surface area contributed by atoms with Crippen molar-refractivity contribution in [3.05, 3.63) is 35.4 Å². The minimum atomic E-state index is -0.164. The lowest BCUT2D eigenvalue weighted by molar-refractivity contribution is -0.115. The second kappa shape index (κ2) is 5.54. The molecule has 0 bridgehead atoms. The van der Waals surface area contributed by atoms with Crippen molar-refractivity contribution in [3.63, 3.8) is 0 Å². The molecule has 1 aliphatic rings. The number of fused-ring (bicyclic) bond motifs is 1. The maximum absolute atomic E-state index is 11.2. The molecule has 0 radical (unpaired) electrons. The fraction of sp³-hybridized carbons (Fsp3) is 0.400. The summed E-state index contributed by atoms with van der Waals surface area (Å²) in [5.41, 5.74) is 2.94. The summed E-state index contributed by atoms with van der Waals surface area (Å²) in [6.45, 7) is 2.40. The maximum atomic E-state index is 11.2. The molecule has 0 heterocycles. The zero-order valence-electron chi connectivity index (χ0n) is 10.1. The number of amides is 1. The molecule has 1 aliphatic carbocycles. The minimum absolute atomic E-state index is 0.164. The van der Waals surface area contributed by atoms with Gasteiger partial charge in [0.1, 0.15) is 0 Å². The Hall–Kier alpha value is -1.75. The molecule has 0 atom stereocenters. The molecule has 1 aromatic carbocycles. The molecular weight excluding hydrogens is 210 g/mol. The first-order valence-electron chi connectivity index (χ1n) is 6.07. The molecule has 2 nitrogen and oxygen atoms in total. The average Bonchev–Trinajstić information content (AvgIpc) is 2.71. The Morgan fingerprint density at radius 3 is 2.59 bits per heavy atom. The van der Waals surface area contributed by atoms with E-state index in [9.17, 15) is 4.79 Å². The summed E-state index contributed by atoms with van der Waals surface area (Å²) in [6.07, 6.45) is 3.32. The molecule has 17 heavy (non-hydrogen) atoms. The Kier molecular flexibility index (Phi) is 3.82. The number of carbonyl (C=O) groups is 1. The standard InChI is InChI=1S/C15H17NO/c1-2-5-15(17)16-9-8-12-10-13-6-3-4-7-14(13)11-12/h3-4,6-7,12H,8-11H2,1H3,(H,16,17). The van der Waals surface area contributed by atoms with Crippen molar-refractivity contribution >= 4 is 5.91 Å². The van der Waals surface area contributed by atoms with Crippen LogP contribution in [0, 0.1) is 17.8 Å². The predicted molar refractivity (Wildman–Crippen MR) is 68.4 cm³/mol. The van der Waals surface area contributed by atoms with Gasteiger partial charge in [0.15, 0.2) is 0 Å². The molecule has 0 aromatic heterocycles. The Bertz CT molecular complexity index is 442. The van der Waals surface area contributed by atoms with Gasteiger partial charge in [0.25, 0.3) is 5.91 Å². The number of benzene rings is 1. The molecule has 0 aliphatic heterocycles. The van der Waals surface area contributed by atoms with E-state index in [1.54, 1.807) is 6.92 Å². The molecule has 1 aromatic rings. The highest BCUT2D eigenvalue weighted by Crippen LogP contribution is 2.28.